The molecule has 0 saturated heterocycles. The molecule has 0 heterocycles. The average molecular weight is 302 g/mol. The molecule has 0 aliphatic rings. The number of carboxylic acid groups (broad SMARTS) is 2. The van der Waals surface area contributed by atoms with Gasteiger partial charge in [0.25, 0.3) is 0 Å². The normalized spacial score (nSPS) is 11.6. The number of nitrogens with one attached hydrogen (secondary N) is 2. The summed E-state index contributed by atoms with van der Waals surface area (Å²) < 4.78 is 0. The van der Waals surface area contributed by atoms with Crippen LogP contribution in [-0.4, -0.2) is 34.2 Å². The average Bonchev–Trinajstić information content (AvgIpc) is 2.46. The van der Waals surface area contributed by atoms with Gasteiger partial charge >= 0.3 is 18.0 Å². The number of anilines is 1. The Balaban J connectivity index is 2.13. The van der Waals surface area contributed by atoms with Gasteiger partial charge in [0.15, 0.2) is 0 Å². The van der Waals surface area contributed by atoms with E-state index in [-0.39, 0.29) is 0 Å². The standard InChI is InChI=1S/C15H14N2O5/c18-13(19)8-12(14(20)21)17-15(22)16-11-7-3-5-9-4-1-2-6-10(9)11/h1-7,12H,8H2,(H,18,19)(H,20,21)(H2,16,17,22). The Labute approximate surface area is 125 Å². The van der Waals surface area contributed by atoms with Crippen molar-refractivity contribution in [2.75, 3.05) is 5.32 Å². The predicted molar refractivity (Wildman–Crippen MR) is 79.8 cm³/mol. The molecule has 22 heavy (non-hydrogen) atoms. The molecule has 4 N–H and O–H groups in total. The number of carbonyl (C=O) groups is 3. The zero-order valence-electron chi connectivity index (χ0n) is 11.4. The summed E-state index contributed by atoms with van der Waals surface area (Å²) in [4.78, 5) is 33.4. The van der Waals surface area contributed by atoms with E-state index in [0.717, 1.165) is 10.8 Å². The van der Waals surface area contributed by atoms with Crippen LogP contribution in [0.25, 0.3) is 10.8 Å². The minimum Gasteiger partial charge on any atom is -0.481 e. The lowest BCUT2D eigenvalue weighted by Gasteiger charge is -2.14. The third-order valence-corrected chi connectivity index (χ3v) is 3.02. The van der Waals surface area contributed by atoms with Crippen LogP contribution in [0.3, 0.4) is 0 Å². The summed E-state index contributed by atoms with van der Waals surface area (Å²) in [5.41, 5.74) is 0.509. The highest BCUT2D eigenvalue weighted by Crippen LogP contribution is 2.22. The zero-order chi connectivity index (χ0) is 16.1. The molecule has 7 nitrogen and oxygen atoms in total. The molecule has 2 rings (SSSR count). The SMILES string of the molecule is O=C(O)CC(NC(=O)Nc1cccc2ccccc12)C(=O)O. The van der Waals surface area contributed by atoms with Gasteiger partial charge in [0.1, 0.15) is 6.04 Å². The van der Waals surface area contributed by atoms with Crippen LogP contribution in [0, 0.1) is 0 Å². The number of rotatable bonds is 5. The monoisotopic (exact) mass is 302 g/mol. The lowest BCUT2D eigenvalue weighted by Crippen LogP contribution is -2.44. The second-order valence-electron chi connectivity index (χ2n) is 4.61. The van der Waals surface area contributed by atoms with Gasteiger partial charge in [0.05, 0.1) is 12.1 Å². The number of benzene rings is 2. The van der Waals surface area contributed by atoms with Crippen LogP contribution in [0.4, 0.5) is 10.5 Å². The highest BCUT2D eigenvalue weighted by molar-refractivity contribution is 6.02. The molecular weight excluding hydrogens is 288 g/mol. The molecule has 1 unspecified atom stereocenters. The second kappa shape index (κ2) is 6.57. The zero-order valence-corrected chi connectivity index (χ0v) is 11.4. The first-order valence-electron chi connectivity index (χ1n) is 6.47. The molecule has 2 aromatic rings. The molecule has 0 saturated carbocycles. The summed E-state index contributed by atoms with van der Waals surface area (Å²) in [6, 6.07) is 10.4. The van der Waals surface area contributed by atoms with Crippen LogP contribution in [-0.2, 0) is 9.59 Å². The molecule has 0 aliphatic carbocycles. The quantitative estimate of drug-likeness (QED) is 0.673. The third kappa shape index (κ3) is 3.72. The van der Waals surface area contributed by atoms with E-state index < -0.39 is 30.4 Å². The Bertz CT molecular complexity index is 723. The highest BCUT2D eigenvalue weighted by Gasteiger charge is 2.23. The summed E-state index contributed by atoms with van der Waals surface area (Å²) in [6.07, 6.45) is -0.696. The van der Waals surface area contributed by atoms with Gasteiger partial charge in [-0.15, -0.1) is 0 Å². The van der Waals surface area contributed by atoms with E-state index in [0.29, 0.717) is 5.69 Å². The van der Waals surface area contributed by atoms with Crippen LogP contribution in [0.15, 0.2) is 42.5 Å². The van der Waals surface area contributed by atoms with Crippen molar-refractivity contribution < 1.29 is 24.6 Å². The van der Waals surface area contributed by atoms with Crippen LogP contribution < -0.4 is 10.6 Å². The topological polar surface area (TPSA) is 116 Å². The molecule has 0 aromatic heterocycles. The predicted octanol–water partition coefficient (Wildman–Crippen LogP) is 1.89. The van der Waals surface area contributed by atoms with Crippen LogP contribution in [0.5, 0.6) is 0 Å². The molecular formula is C15H14N2O5. The maximum absolute atomic E-state index is 11.9. The van der Waals surface area contributed by atoms with Gasteiger partial charge in [0, 0.05) is 5.39 Å². The molecule has 0 radical (unpaired) electrons. The van der Waals surface area contributed by atoms with Crippen LogP contribution in [0.2, 0.25) is 0 Å². The van der Waals surface area contributed by atoms with Gasteiger partial charge in [0.2, 0.25) is 0 Å². The number of hydrogen-bond donors (Lipinski definition) is 4. The number of carboxylic acids is 2. The van der Waals surface area contributed by atoms with Gasteiger partial charge < -0.3 is 20.8 Å². The second-order valence-corrected chi connectivity index (χ2v) is 4.61. The molecule has 0 spiro atoms. The van der Waals surface area contributed by atoms with Gasteiger partial charge in [-0.2, -0.15) is 0 Å². The van der Waals surface area contributed by atoms with Gasteiger partial charge in [-0.1, -0.05) is 36.4 Å². The largest absolute Gasteiger partial charge is 0.481 e. The Kier molecular flexibility index (Phi) is 4.57. The van der Waals surface area contributed by atoms with Crippen molar-refractivity contribution >= 4 is 34.4 Å². The maximum Gasteiger partial charge on any atom is 0.326 e. The van der Waals surface area contributed by atoms with Gasteiger partial charge in [-0.05, 0) is 11.5 Å². The van der Waals surface area contributed by atoms with Crippen molar-refractivity contribution in [1.29, 1.82) is 0 Å². The Morgan fingerprint density at radius 3 is 2.36 bits per heavy atom. The van der Waals surface area contributed by atoms with E-state index in [1.165, 1.54) is 0 Å². The molecule has 114 valence electrons. The van der Waals surface area contributed by atoms with E-state index in [9.17, 15) is 14.4 Å². The van der Waals surface area contributed by atoms with Crippen molar-refractivity contribution in [3.8, 4) is 0 Å². The van der Waals surface area contributed by atoms with Gasteiger partial charge in [-0.25, -0.2) is 9.59 Å². The first-order valence-corrected chi connectivity index (χ1v) is 6.47. The Hall–Kier alpha value is -3.09. The van der Waals surface area contributed by atoms with E-state index in [1.54, 1.807) is 12.1 Å². The van der Waals surface area contributed by atoms with E-state index in [4.69, 9.17) is 10.2 Å². The fourth-order valence-corrected chi connectivity index (χ4v) is 2.03. The van der Waals surface area contributed by atoms with E-state index >= 15 is 0 Å². The molecule has 0 bridgehead atoms. The number of aliphatic carboxylic acids is 2. The molecule has 0 fully saturated rings. The smallest absolute Gasteiger partial charge is 0.326 e. The van der Waals surface area contributed by atoms with Crippen molar-refractivity contribution in [2.24, 2.45) is 0 Å². The summed E-state index contributed by atoms with van der Waals surface area (Å²) in [5.74, 6) is -2.71. The molecule has 0 aliphatic heterocycles. The maximum atomic E-state index is 11.9. The number of carbonyl (C=O) groups excluding carboxylic acids is 1. The lowest BCUT2D eigenvalue weighted by atomic mass is 10.1. The lowest BCUT2D eigenvalue weighted by molar-refractivity contribution is -0.145. The first-order chi connectivity index (χ1) is 10.5. The minimum atomic E-state index is -1.49. The third-order valence-electron chi connectivity index (χ3n) is 3.02. The number of fused-ring (bicyclic) bond motifs is 1. The number of urea groups is 1. The van der Waals surface area contributed by atoms with Crippen molar-refractivity contribution in [3.05, 3.63) is 42.5 Å². The Morgan fingerprint density at radius 1 is 1.00 bits per heavy atom. The summed E-state index contributed by atoms with van der Waals surface area (Å²) >= 11 is 0. The molecule has 2 aromatic carbocycles. The minimum absolute atomic E-state index is 0.509. The van der Waals surface area contributed by atoms with E-state index in [1.807, 2.05) is 30.3 Å². The van der Waals surface area contributed by atoms with E-state index in [2.05, 4.69) is 10.6 Å². The number of hydrogen-bond acceptors (Lipinski definition) is 3. The van der Waals surface area contributed by atoms with Crippen LogP contribution >= 0.6 is 0 Å². The molecule has 2 amide bonds. The van der Waals surface area contributed by atoms with Gasteiger partial charge in [-0.3, -0.25) is 4.79 Å². The molecule has 7 heteroatoms. The highest BCUT2D eigenvalue weighted by atomic mass is 16.4. The Morgan fingerprint density at radius 2 is 1.68 bits per heavy atom. The van der Waals surface area contributed by atoms with Crippen molar-refractivity contribution in [2.45, 2.75) is 12.5 Å². The van der Waals surface area contributed by atoms with Crippen LogP contribution in [0.1, 0.15) is 6.42 Å². The summed E-state index contributed by atoms with van der Waals surface area (Å²) in [6.45, 7) is 0. The first kappa shape index (κ1) is 15.3. The fourth-order valence-electron chi connectivity index (χ4n) is 2.03. The number of amides is 2. The molecule has 1 atom stereocenters. The summed E-state index contributed by atoms with van der Waals surface area (Å²) in [7, 11) is 0. The fraction of sp³-hybridized carbons (Fsp3) is 0.133. The summed E-state index contributed by atoms with van der Waals surface area (Å²) in [5, 5.41) is 23.9. The van der Waals surface area contributed by atoms with Crippen molar-refractivity contribution in [3.63, 3.8) is 0 Å². The van der Waals surface area contributed by atoms with Crippen molar-refractivity contribution in [1.82, 2.24) is 5.32 Å².